The number of carbonyl (C=O) groups excluding carboxylic acids is 1. The van der Waals surface area contributed by atoms with Crippen LogP contribution < -0.4 is 15.2 Å². The van der Waals surface area contributed by atoms with Gasteiger partial charge in [0.25, 0.3) is 0 Å². The van der Waals surface area contributed by atoms with Gasteiger partial charge in [-0.05, 0) is 55.3 Å². The van der Waals surface area contributed by atoms with Gasteiger partial charge < -0.3 is 4.74 Å². The minimum Gasteiger partial charge on any atom is -0.493 e. The summed E-state index contributed by atoms with van der Waals surface area (Å²) in [6, 6.07) is 25.6. The zero-order chi connectivity index (χ0) is 19.1. The Balaban J connectivity index is 1.64. The van der Waals surface area contributed by atoms with Crippen molar-refractivity contribution >= 4 is 17.3 Å². The fourth-order valence-corrected chi connectivity index (χ4v) is 2.73. The Labute approximate surface area is 160 Å². The molecule has 0 heterocycles. The zero-order valence-corrected chi connectivity index (χ0v) is 15.7. The third kappa shape index (κ3) is 5.11. The molecule has 0 aliphatic rings. The Bertz CT molecular complexity index is 840. The van der Waals surface area contributed by atoms with Gasteiger partial charge in [0.2, 0.25) is 5.91 Å². The zero-order valence-electron chi connectivity index (χ0n) is 15.7. The minimum absolute atomic E-state index is 0.104. The number of aryl methyl sites for hydroxylation is 2. The monoisotopic (exact) mass is 360 g/mol. The van der Waals surface area contributed by atoms with Crippen LogP contribution in [0.1, 0.15) is 17.5 Å². The Morgan fingerprint density at radius 2 is 1.48 bits per heavy atom. The maximum absolute atomic E-state index is 12.5. The smallest absolute Gasteiger partial charge is 0.242 e. The molecule has 0 aliphatic heterocycles. The number of amides is 1. The molecule has 27 heavy (non-hydrogen) atoms. The predicted octanol–water partition coefficient (Wildman–Crippen LogP) is 4.94. The molecule has 3 aromatic rings. The van der Waals surface area contributed by atoms with E-state index in [0.717, 1.165) is 28.3 Å². The van der Waals surface area contributed by atoms with Crippen LogP contribution in [0.3, 0.4) is 0 Å². The summed E-state index contributed by atoms with van der Waals surface area (Å²) < 4.78 is 5.80. The van der Waals surface area contributed by atoms with Gasteiger partial charge in [-0.2, -0.15) is 0 Å². The molecule has 138 valence electrons. The number of anilines is 2. The first-order valence-electron chi connectivity index (χ1n) is 9.03. The molecule has 0 saturated heterocycles. The minimum atomic E-state index is -0.104. The van der Waals surface area contributed by atoms with Crippen molar-refractivity contribution in [2.75, 3.05) is 11.6 Å². The quantitative estimate of drug-likeness (QED) is 0.607. The van der Waals surface area contributed by atoms with E-state index in [-0.39, 0.29) is 12.3 Å². The van der Waals surface area contributed by atoms with E-state index in [1.807, 2.05) is 92.7 Å². The average molecular weight is 360 g/mol. The van der Waals surface area contributed by atoms with Crippen molar-refractivity contribution in [3.8, 4) is 5.75 Å². The lowest BCUT2D eigenvalue weighted by Crippen LogP contribution is -2.39. The molecule has 4 heteroatoms. The molecule has 0 saturated carbocycles. The van der Waals surface area contributed by atoms with Gasteiger partial charge in [-0.25, -0.2) is 0 Å². The molecule has 3 rings (SSSR count). The van der Waals surface area contributed by atoms with Crippen molar-refractivity contribution in [2.45, 2.75) is 20.3 Å². The van der Waals surface area contributed by atoms with Gasteiger partial charge in [-0.15, -0.1) is 0 Å². The largest absolute Gasteiger partial charge is 0.493 e. The lowest BCUT2D eigenvalue weighted by atomic mass is 10.1. The second-order valence-corrected chi connectivity index (χ2v) is 6.41. The third-order valence-corrected chi connectivity index (χ3v) is 4.20. The summed E-state index contributed by atoms with van der Waals surface area (Å²) in [5.74, 6) is 0.721. The van der Waals surface area contributed by atoms with Gasteiger partial charge in [0, 0.05) is 0 Å². The van der Waals surface area contributed by atoms with Crippen molar-refractivity contribution < 1.29 is 9.53 Å². The lowest BCUT2D eigenvalue weighted by molar-refractivity contribution is -0.121. The number of carbonyl (C=O) groups is 1. The highest BCUT2D eigenvalue weighted by molar-refractivity contribution is 5.80. The number of benzene rings is 3. The maximum atomic E-state index is 12.5. The second-order valence-electron chi connectivity index (χ2n) is 6.41. The molecular formula is C23H24N2O2. The van der Waals surface area contributed by atoms with Crippen LogP contribution in [0.5, 0.6) is 5.75 Å². The Morgan fingerprint density at radius 3 is 2.07 bits per heavy atom. The fourth-order valence-electron chi connectivity index (χ4n) is 2.73. The summed E-state index contributed by atoms with van der Waals surface area (Å²) in [5, 5.41) is 1.79. The maximum Gasteiger partial charge on any atom is 0.242 e. The third-order valence-electron chi connectivity index (χ3n) is 4.20. The van der Waals surface area contributed by atoms with E-state index in [2.05, 4.69) is 5.43 Å². The van der Waals surface area contributed by atoms with Crippen LogP contribution in [0.4, 0.5) is 11.4 Å². The number of rotatable bonds is 7. The first kappa shape index (κ1) is 18.5. The number of nitrogens with zero attached hydrogens (tertiary/aromatic N) is 1. The molecule has 0 aliphatic carbocycles. The first-order valence-corrected chi connectivity index (χ1v) is 9.03. The van der Waals surface area contributed by atoms with Crippen LogP contribution in [0, 0.1) is 13.8 Å². The summed E-state index contributed by atoms with van der Waals surface area (Å²) in [4.78, 5) is 12.5. The van der Waals surface area contributed by atoms with Gasteiger partial charge in [0.05, 0.1) is 24.4 Å². The molecule has 0 atom stereocenters. The van der Waals surface area contributed by atoms with Crippen LogP contribution in [0.15, 0.2) is 78.9 Å². The molecule has 0 fully saturated rings. The second kappa shape index (κ2) is 8.90. The Hall–Kier alpha value is -3.27. The van der Waals surface area contributed by atoms with E-state index < -0.39 is 0 Å². The van der Waals surface area contributed by atoms with Crippen molar-refractivity contribution in [2.24, 2.45) is 0 Å². The van der Waals surface area contributed by atoms with Gasteiger partial charge in [-0.3, -0.25) is 15.2 Å². The number of para-hydroxylation sites is 2. The first-order chi connectivity index (χ1) is 13.1. The molecular weight excluding hydrogens is 336 g/mol. The number of hydrogen-bond donors (Lipinski definition) is 1. The summed E-state index contributed by atoms with van der Waals surface area (Å²) in [5.41, 5.74) is 6.97. The topological polar surface area (TPSA) is 41.6 Å². The van der Waals surface area contributed by atoms with Crippen molar-refractivity contribution in [1.29, 1.82) is 0 Å². The number of ether oxygens (including phenoxy) is 1. The SMILES string of the molecule is Cc1ccc(C)c(OCCC(=O)NN(c2ccccc2)c2ccccc2)c1. The van der Waals surface area contributed by atoms with Crippen molar-refractivity contribution in [3.63, 3.8) is 0 Å². The normalized spacial score (nSPS) is 10.3. The lowest BCUT2D eigenvalue weighted by Gasteiger charge is -2.25. The Kier molecular flexibility index (Phi) is 6.10. The molecule has 0 radical (unpaired) electrons. The van der Waals surface area contributed by atoms with Crippen LogP contribution >= 0.6 is 0 Å². The van der Waals surface area contributed by atoms with Crippen LogP contribution in [0.25, 0.3) is 0 Å². The molecule has 3 aromatic carbocycles. The summed E-state index contributed by atoms with van der Waals surface area (Å²) in [6.45, 7) is 4.35. The summed E-state index contributed by atoms with van der Waals surface area (Å²) >= 11 is 0. The molecule has 1 amide bonds. The van der Waals surface area contributed by atoms with E-state index in [4.69, 9.17) is 4.74 Å². The highest BCUT2D eigenvalue weighted by atomic mass is 16.5. The number of hydrogen-bond acceptors (Lipinski definition) is 3. The van der Waals surface area contributed by atoms with Crippen LogP contribution in [-0.2, 0) is 4.79 Å². The molecule has 0 unspecified atom stereocenters. The molecule has 4 nitrogen and oxygen atoms in total. The van der Waals surface area contributed by atoms with E-state index in [1.54, 1.807) is 5.01 Å². The van der Waals surface area contributed by atoms with E-state index in [0.29, 0.717) is 6.61 Å². The predicted molar refractivity (Wildman–Crippen MR) is 109 cm³/mol. The molecule has 0 spiro atoms. The van der Waals surface area contributed by atoms with Crippen molar-refractivity contribution in [1.82, 2.24) is 5.43 Å². The highest BCUT2D eigenvalue weighted by Gasteiger charge is 2.12. The standard InChI is InChI=1S/C23H24N2O2/c1-18-13-14-19(2)22(17-18)27-16-15-23(26)24-25(20-9-5-3-6-10-20)21-11-7-4-8-12-21/h3-14,17H,15-16H2,1-2H3,(H,24,26). The van der Waals surface area contributed by atoms with Crippen molar-refractivity contribution in [3.05, 3.63) is 90.0 Å². The van der Waals surface area contributed by atoms with E-state index in [9.17, 15) is 4.79 Å². The van der Waals surface area contributed by atoms with Crippen LogP contribution in [-0.4, -0.2) is 12.5 Å². The highest BCUT2D eigenvalue weighted by Crippen LogP contribution is 2.23. The van der Waals surface area contributed by atoms with Gasteiger partial charge >= 0.3 is 0 Å². The average Bonchev–Trinajstić information content (AvgIpc) is 2.70. The number of hydrazine groups is 1. The summed E-state index contributed by atoms with van der Waals surface area (Å²) in [7, 11) is 0. The Morgan fingerprint density at radius 1 is 0.889 bits per heavy atom. The fraction of sp³-hybridized carbons (Fsp3) is 0.174. The van der Waals surface area contributed by atoms with Gasteiger partial charge in [-0.1, -0.05) is 48.5 Å². The van der Waals surface area contributed by atoms with E-state index >= 15 is 0 Å². The summed E-state index contributed by atoms with van der Waals surface area (Å²) in [6.07, 6.45) is 0.267. The number of nitrogens with one attached hydrogen (secondary N) is 1. The molecule has 0 bridgehead atoms. The van der Waals surface area contributed by atoms with Crippen LogP contribution in [0.2, 0.25) is 0 Å². The van der Waals surface area contributed by atoms with Gasteiger partial charge in [0.1, 0.15) is 5.75 Å². The molecule has 0 aromatic heterocycles. The molecule has 1 N–H and O–H groups in total. The van der Waals surface area contributed by atoms with Gasteiger partial charge in [0.15, 0.2) is 0 Å². The van der Waals surface area contributed by atoms with E-state index in [1.165, 1.54) is 0 Å².